The van der Waals surface area contributed by atoms with Crippen molar-refractivity contribution in [3.8, 4) is 0 Å². The third kappa shape index (κ3) is 2.27. The Balaban J connectivity index is 2.30. The van der Waals surface area contributed by atoms with Crippen LogP contribution in [0, 0.1) is 11.6 Å². The van der Waals surface area contributed by atoms with E-state index in [0.717, 1.165) is 12.1 Å². The van der Waals surface area contributed by atoms with E-state index >= 15 is 0 Å². The standard InChI is InChI=1S/C12H9F2N3O/c13-7-3-1-4-8(14)10(7)17-12(18)11-9(15)5-2-6-16-11/h1-6H,15H2,(H,17,18). The minimum absolute atomic E-state index is 0.0832. The first kappa shape index (κ1) is 12.0. The Morgan fingerprint density at radius 1 is 1.17 bits per heavy atom. The van der Waals surface area contributed by atoms with Crippen molar-refractivity contribution < 1.29 is 13.6 Å². The smallest absolute Gasteiger partial charge is 0.276 e. The summed E-state index contributed by atoms with van der Waals surface area (Å²) in [5, 5.41) is 2.10. The molecule has 1 aromatic carbocycles. The molecule has 1 heterocycles. The fourth-order valence-electron chi connectivity index (χ4n) is 1.40. The largest absolute Gasteiger partial charge is 0.397 e. The molecule has 92 valence electrons. The first-order valence-corrected chi connectivity index (χ1v) is 5.05. The number of nitrogens with zero attached hydrogens (tertiary/aromatic N) is 1. The van der Waals surface area contributed by atoms with Crippen molar-refractivity contribution in [3.05, 3.63) is 53.9 Å². The highest BCUT2D eigenvalue weighted by molar-refractivity contribution is 6.06. The van der Waals surface area contributed by atoms with Gasteiger partial charge in [-0.1, -0.05) is 6.07 Å². The molecule has 0 atom stereocenters. The van der Waals surface area contributed by atoms with Crippen molar-refractivity contribution in [2.24, 2.45) is 0 Å². The number of nitrogens with two attached hydrogens (primary N) is 1. The van der Waals surface area contributed by atoms with Crippen molar-refractivity contribution in [3.63, 3.8) is 0 Å². The zero-order valence-corrected chi connectivity index (χ0v) is 9.15. The number of carbonyl (C=O) groups is 1. The SMILES string of the molecule is Nc1cccnc1C(=O)Nc1c(F)cccc1F. The maximum atomic E-state index is 13.3. The second-order valence-electron chi connectivity index (χ2n) is 3.49. The van der Waals surface area contributed by atoms with Gasteiger partial charge in [0.2, 0.25) is 0 Å². The van der Waals surface area contributed by atoms with Crippen LogP contribution >= 0.6 is 0 Å². The maximum Gasteiger partial charge on any atom is 0.276 e. The molecule has 4 nitrogen and oxygen atoms in total. The Bertz CT molecular complexity index is 581. The lowest BCUT2D eigenvalue weighted by Gasteiger charge is -2.08. The van der Waals surface area contributed by atoms with E-state index in [-0.39, 0.29) is 11.4 Å². The number of carbonyl (C=O) groups excluding carboxylic acids is 1. The molecule has 1 aromatic heterocycles. The van der Waals surface area contributed by atoms with Crippen LogP contribution < -0.4 is 11.1 Å². The summed E-state index contributed by atoms with van der Waals surface area (Å²) < 4.78 is 26.6. The monoisotopic (exact) mass is 249 g/mol. The molecule has 1 amide bonds. The highest BCUT2D eigenvalue weighted by Gasteiger charge is 2.15. The topological polar surface area (TPSA) is 68.0 Å². The minimum Gasteiger partial charge on any atom is -0.397 e. The molecule has 0 saturated heterocycles. The van der Waals surface area contributed by atoms with Gasteiger partial charge >= 0.3 is 0 Å². The molecular formula is C12H9F2N3O. The van der Waals surface area contributed by atoms with Crippen LogP contribution in [0.1, 0.15) is 10.5 Å². The Labute approximate surface area is 101 Å². The molecule has 2 aromatic rings. The molecule has 0 aliphatic heterocycles. The first-order chi connectivity index (χ1) is 8.59. The minimum atomic E-state index is -0.863. The van der Waals surface area contributed by atoms with Gasteiger partial charge in [-0.05, 0) is 24.3 Å². The number of hydrogen-bond donors (Lipinski definition) is 2. The van der Waals surface area contributed by atoms with Crippen LogP contribution in [0.3, 0.4) is 0 Å². The normalized spacial score (nSPS) is 10.1. The van der Waals surface area contributed by atoms with Crippen LogP contribution in [0.25, 0.3) is 0 Å². The lowest BCUT2D eigenvalue weighted by Crippen LogP contribution is -2.17. The average molecular weight is 249 g/mol. The predicted octanol–water partition coefficient (Wildman–Crippen LogP) is 2.19. The molecule has 0 radical (unpaired) electrons. The van der Waals surface area contributed by atoms with Gasteiger partial charge in [-0.25, -0.2) is 13.8 Å². The molecule has 0 spiro atoms. The number of halogens is 2. The molecule has 0 aliphatic carbocycles. The number of rotatable bonds is 2. The van der Waals surface area contributed by atoms with E-state index in [0.29, 0.717) is 0 Å². The summed E-state index contributed by atoms with van der Waals surface area (Å²) in [6.45, 7) is 0. The first-order valence-electron chi connectivity index (χ1n) is 5.05. The van der Waals surface area contributed by atoms with Gasteiger partial charge < -0.3 is 11.1 Å². The van der Waals surface area contributed by atoms with Gasteiger partial charge in [0.15, 0.2) is 5.69 Å². The van der Waals surface area contributed by atoms with Crippen LogP contribution in [0.5, 0.6) is 0 Å². The highest BCUT2D eigenvalue weighted by Crippen LogP contribution is 2.19. The Hall–Kier alpha value is -2.50. The van der Waals surface area contributed by atoms with E-state index in [1.54, 1.807) is 6.07 Å². The molecule has 0 unspecified atom stereocenters. The number of anilines is 2. The van der Waals surface area contributed by atoms with E-state index in [4.69, 9.17) is 5.73 Å². The molecule has 0 saturated carbocycles. The molecular weight excluding hydrogens is 240 g/mol. The number of hydrogen-bond acceptors (Lipinski definition) is 3. The van der Waals surface area contributed by atoms with E-state index < -0.39 is 23.2 Å². The van der Waals surface area contributed by atoms with E-state index in [1.807, 2.05) is 0 Å². The second kappa shape index (κ2) is 4.79. The van der Waals surface area contributed by atoms with Crippen LogP contribution in [0.15, 0.2) is 36.5 Å². The predicted molar refractivity (Wildman–Crippen MR) is 63.0 cm³/mol. The van der Waals surface area contributed by atoms with E-state index in [1.165, 1.54) is 18.3 Å². The third-order valence-corrected chi connectivity index (χ3v) is 2.26. The van der Waals surface area contributed by atoms with Gasteiger partial charge in [-0.15, -0.1) is 0 Å². The number of nitrogen functional groups attached to an aromatic ring is 1. The average Bonchev–Trinajstić information content (AvgIpc) is 2.34. The third-order valence-electron chi connectivity index (χ3n) is 2.26. The molecule has 2 rings (SSSR count). The molecule has 18 heavy (non-hydrogen) atoms. The van der Waals surface area contributed by atoms with Crippen LogP contribution in [-0.2, 0) is 0 Å². The zero-order valence-electron chi connectivity index (χ0n) is 9.15. The molecule has 0 bridgehead atoms. The zero-order chi connectivity index (χ0) is 13.1. The van der Waals surface area contributed by atoms with E-state index in [9.17, 15) is 13.6 Å². The van der Waals surface area contributed by atoms with Gasteiger partial charge in [-0.3, -0.25) is 4.79 Å². The number of aromatic nitrogens is 1. The molecule has 0 fully saturated rings. The molecule has 3 N–H and O–H groups in total. The summed E-state index contributed by atoms with van der Waals surface area (Å²) in [6, 6.07) is 6.31. The van der Waals surface area contributed by atoms with Gasteiger partial charge in [0.1, 0.15) is 17.3 Å². The van der Waals surface area contributed by atoms with E-state index in [2.05, 4.69) is 10.3 Å². The van der Waals surface area contributed by atoms with Crippen molar-refractivity contribution in [1.82, 2.24) is 4.98 Å². The van der Waals surface area contributed by atoms with Crippen molar-refractivity contribution >= 4 is 17.3 Å². The molecule has 0 aliphatic rings. The van der Waals surface area contributed by atoms with Crippen LogP contribution in [0.4, 0.5) is 20.2 Å². The van der Waals surface area contributed by atoms with Gasteiger partial charge in [0, 0.05) is 6.20 Å². The van der Waals surface area contributed by atoms with Crippen LogP contribution in [-0.4, -0.2) is 10.9 Å². The van der Waals surface area contributed by atoms with Crippen molar-refractivity contribution in [2.75, 3.05) is 11.1 Å². The fourth-order valence-corrected chi connectivity index (χ4v) is 1.40. The maximum absolute atomic E-state index is 13.3. The fraction of sp³-hybridized carbons (Fsp3) is 0. The summed E-state index contributed by atoms with van der Waals surface area (Å²) in [5.74, 6) is -2.49. The van der Waals surface area contributed by atoms with Crippen molar-refractivity contribution in [2.45, 2.75) is 0 Å². The Kier molecular flexibility index (Phi) is 3.18. The lowest BCUT2D eigenvalue weighted by atomic mass is 10.2. The lowest BCUT2D eigenvalue weighted by molar-refractivity contribution is 0.102. The quantitative estimate of drug-likeness (QED) is 0.857. The van der Waals surface area contributed by atoms with Crippen molar-refractivity contribution in [1.29, 1.82) is 0 Å². The number of para-hydroxylation sites is 1. The Morgan fingerprint density at radius 2 is 1.83 bits per heavy atom. The number of benzene rings is 1. The van der Waals surface area contributed by atoms with Crippen LogP contribution in [0.2, 0.25) is 0 Å². The summed E-state index contributed by atoms with van der Waals surface area (Å²) in [7, 11) is 0. The van der Waals surface area contributed by atoms with Gasteiger partial charge in [0.05, 0.1) is 5.69 Å². The summed E-state index contributed by atoms with van der Waals surface area (Å²) in [4.78, 5) is 15.5. The molecule has 6 heteroatoms. The highest BCUT2D eigenvalue weighted by atomic mass is 19.1. The summed E-state index contributed by atoms with van der Waals surface area (Å²) in [5.41, 5.74) is 5.07. The van der Waals surface area contributed by atoms with Gasteiger partial charge in [-0.2, -0.15) is 0 Å². The second-order valence-corrected chi connectivity index (χ2v) is 3.49. The summed E-state index contributed by atoms with van der Waals surface area (Å²) in [6.07, 6.45) is 1.36. The Morgan fingerprint density at radius 3 is 2.44 bits per heavy atom. The number of pyridine rings is 1. The van der Waals surface area contributed by atoms with Gasteiger partial charge in [0.25, 0.3) is 5.91 Å². The number of nitrogens with one attached hydrogen (secondary N) is 1. The summed E-state index contributed by atoms with van der Waals surface area (Å²) >= 11 is 0. The number of amides is 1.